The normalized spacial score (nSPS) is 26.2. The lowest BCUT2D eigenvalue weighted by Gasteiger charge is -2.41. The summed E-state index contributed by atoms with van der Waals surface area (Å²) in [6.07, 6.45) is 2.79. The van der Waals surface area contributed by atoms with E-state index in [4.69, 9.17) is 14.2 Å². The Hall–Kier alpha value is -0.750. The molecule has 0 aromatic heterocycles. The third kappa shape index (κ3) is 12.5. The molecule has 4 N–H and O–H groups in total. The summed E-state index contributed by atoms with van der Waals surface area (Å²) >= 11 is 0.911. The molecule has 0 aliphatic carbocycles. The maximum atomic E-state index is 12.0. The molecule has 1 heterocycles. The molecule has 1 aliphatic heterocycles. The third-order valence-electron chi connectivity index (χ3n) is 5.56. The average molecular weight is 495 g/mol. The van der Waals surface area contributed by atoms with E-state index in [1.54, 1.807) is 0 Å². The van der Waals surface area contributed by atoms with Crippen molar-refractivity contribution in [1.29, 1.82) is 0 Å². The molecule has 1 rings (SSSR count). The second-order valence-corrected chi connectivity index (χ2v) is 9.72. The Labute approximate surface area is 201 Å². The fourth-order valence-electron chi connectivity index (χ4n) is 3.53. The highest BCUT2D eigenvalue weighted by molar-refractivity contribution is 8.13. The number of thioether (sulfide) groups is 1. The van der Waals surface area contributed by atoms with Crippen LogP contribution in [-0.2, 0) is 23.8 Å². The molecule has 0 radical (unpaired) electrons. The van der Waals surface area contributed by atoms with E-state index in [-0.39, 0.29) is 23.9 Å². The van der Waals surface area contributed by atoms with E-state index in [1.165, 1.54) is 45.4 Å². The molecular formula is C23H42O9S. The van der Waals surface area contributed by atoms with E-state index >= 15 is 0 Å². The van der Waals surface area contributed by atoms with Crippen LogP contribution in [0.5, 0.6) is 0 Å². The van der Waals surface area contributed by atoms with Crippen LogP contribution in [-0.4, -0.2) is 87.3 Å². The van der Waals surface area contributed by atoms with E-state index in [2.05, 4.69) is 6.92 Å². The van der Waals surface area contributed by atoms with Crippen LogP contribution in [0.4, 0.5) is 0 Å². The number of rotatable bonds is 17. The van der Waals surface area contributed by atoms with Gasteiger partial charge in [-0.05, 0) is 6.42 Å². The smallest absolute Gasteiger partial charge is 0.305 e. The van der Waals surface area contributed by atoms with Gasteiger partial charge in [-0.3, -0.25) is 9.59 Å². The zero-order valence-electron chi connectivity index (χ0n) is 19.9. The molecule has 194 valence electrons. The van der Waals surface area contributed by atoms with Gasteiger partial charge in [-0.15, -0.1) is 0 Å². The van der Waals surface area contributed by atoms with Crippen LogP contribution < -0.4 is 0 Å². The first-order valence-electron chi connectivity index (χ1n) is 12.0. The highest BCUT2D eigenvalue weighted by atomic mass is 32.2. The van der Waals surface area contributed by atoms with Gasteiger partial charge in [0.15, 0.2) is 11.4 Å². The molecule has 0 amide bonds. The molecule has 0 spiro atoms. The predicted octanol–water partition coefficient (Wildman–Crippen LogP) is 1.92. The molecule has 9 nitrogen and oxygen atoms in total. The maximum Gasteiger partial charge on any atom is 0.305 e. The number of carbonyl (C=O) groups is 2. The summed E-state index contributed by atoms with van der Waals surface area (Å²) in [5.74, 6) is -0.325. The van der Waals surface area contributed by atoms with Gasteiger partial charge in [-0.1, -0.05) is 70.1 Å². The molecule has 10 heteroatoms. The molecule has 1 aliphatic rings. The highest BCUT2D eigenvalue weighted by Gasteiger charge is 2.45. The van der Waals surface area contributed by atoms with E-state index in [0.717, 1.165) is 31.0 Å². The Morgan fingerprint density at radius 2 is 1.55 bits per heavy atom. The van der Waals surface area contributed by atoms with Crippen LogP contribution in [0, 0.1) is 0 Å². The van der Waals surface area contributed by atoms with E-state index in [9.17, 15) is 30.0 Å². The Morgan fingerprint density at radius 1 is 0.939 bits per heavy atom. The van der Waals surface area contributed by atoms with Gasteiger partial charge in [0, 0.05) is 19.1 Å². The lowest BCUT2D eigenvalue weighted by atomic mass is 10.00. The molecule has 0 aromatic carbocycles. The van der Waals surface area contributed by atoms with E-state index in [0.29, 0.717) is 0 Å². The van der Waals surface area contributed by atoms with Gasteiger partial charge in [0.2, 0.25) is 0 Å². The van der Waals surface area contributed by atoms with Crippen molar-refractivity contribution >= 4 is 22.8 Å². The summed E-state index contributed by atoms with van der Waals surface area (Å²) in [6.45, 7) is 2.84. The number of carbonyl (C=O) groups excluding carboxylic acids is 2. The second-order valence-electron chi connectivity index (χ2n) is 8.52. The predicted molar refractivity (Wildman–Crippen MR) is 125 cm³/mol. The SMILES string of the molecule is CCCCCCCCCCCC(=O)OCC(CO)O[C@@H]1O[C@H](CSC(C)=O)[C@@H](O)[C@H](O)[C@H]1O. The number of hydrogen-bond acceptors (Lipinski definition) is 10. The molecular weight excluding hydrogens is 452 g/mol. The van der Waals surface area contributed by atoms with Gasteiger partial charge < -0.3 is 34.6 Å². The van der Waals surface area contributed by atoms with Gasteiger partial charge in [0.25, 0.3) is 0 Å². The summed E-state index contributed by atoms with van der Waals surface area (Å²) in [5.41, 5.74) is 0. The minimum Gasteiger partial charge on any atom is -0.463 e. The number of aliphatic hydroxyl groups excluding tert-OH is 4. The average Bonchev–Trinajstić information content (AvgIpc) is 2.79. The Kier molecular flexibility index (Phi) is 16.2. The lowest BCUT2D eigenvalue weighted by Crippen LogP contribution is -2.59. The number of aliphatic hydroxyl groups is 4. The number of esters is 1. The van der Waals surface area contributed by atoms with Crippen molar-refractivity contribution < 1.29 is 44.2 Å². The summed E-state index contributed by atoms with van der Waals surface area (Å²) < 4.78 is 16.2. The highest BCUT2D eigenvalue weighted by Crippen LogP contribution is 2.25. The van der Waals surface area contributed by atoms with Gasteiger partial charge in [-0.25, -0.2) is 0 Å². The van der Waals surface area contributed by atoms with Crippen LogP contribution in [0.1, 0.15) is 78.1 Å². The van der Waals surface area contributed by atoms with Crippen molar-refractivity contribution in [3.8, 4) is 0 Å². The summed E-state index contributed by atoms with van der Waals surface area (Å²) in [4.78, 5) is 23.1. The van der Waals surface area contributed by atoms with Gasteiger partial charge in [-0.2, -0.15) is 0 Å². The fraction of sp³-hybridized carbons (Fsp3) is 0.913. The standard InChI is InChI=1S/C23H42O9S/c1-3-4-5-6-7-8-9-10-11-12-19(26)30-14-17(13-24)31-23-22(29)21(28)20(27)18(32-23)15-33-16(2)25/h17-18,20-24,27-29H,3-15H2,1-2H3/t17?,18-,20-,21+,22-,23-/m1/s1. The second kappa shape index (κ2) is 17.7. The molecule has 0 bridgehead atoms. The van der Waals surface area contributed by atoms with Crippen LogP contribution in [0.3, 0.4) is 0 Å². The van der Waals surface area contributed by atoms with Gasteiger partial charge in [0.1, 0.15) is 31.0 Å². The minimum atomic E-state index is -1.56. The molecule has 0 aromatic rings. The van der Waals surface area contributed by atoms with Crippen molar-refractivity contribution in [1.82, 2.24) is 0 Å². The number of unbranched alkanes of at least 4 members (excludes halogenated alkanes) is 8. The first kappa shape index (κ1) is 30.3. The zero-order chi connectivity index (χ0) is 24.6. The molecule has 1 saturated heterocycles. The summed E-state index contributed by atoms with van der Waals surface area (Å²) in [5, 5.41) is 39.6. The van der Waals surface area contributed by atoms with E-state index in [1.807, 2.05) is 0 Å². The van der Waals surface area contributed by atoms with Crippen LogP contribution in [0.25, 0.3) is 0 Å². The van der Waals surface area contributed by atoms with Gasteiger partial charge in [0.05, 0.1) is 12.7 Å². The first-order chi connectivity index (χ1) is 15.8. The van der Waals surface area contributed by atoms with Gasteiger partial charge >= 0.3 is 5.97 Å². The first-order valence-corrected chi connectivity index (χ1v) is 13.0. The maximum absolute atomic E-state index is 12.0. The third-order valence-corrected chi connectivity index (χ3v) is 6.47. The van der Waals surface area contributed by atoms with E-state index < -0.39 is 49.4 Å². The topological polar surface area (TPSA) is 143 Å². The van der Waals surface area contributed by atoms with Crippen molar-refractivity contribution in [2.75, 3.05) is 19.0 Å². The monoisotopic (exact) mass is 494 g/mol. The zero-order valence-corrected chi connectivity index (χ0v) is 20.7. The minimum absolute atomic E-state index is 0.0671. The van der Waals surface area contributed by atoms with Crippen molar-refractivity contribution in [3.63, 3.8) is 0 Å². The van der Waals surface area contributed by atoms with Crippen molar-refractivity contribution in [2.45, 2.75) is 115 Å². The van der Waals surface area contributed by atoms with Crippen molar-refractivity contribution in [2.24, 2.45) is 0 Å². The molecule has 0 saturated carbocycles. The summed E-state index contributed by atoms with van der Waals surface area (Å²) in [7, 11) is 0. The molecule has 1 unspecified atom stereocenters. The Bertz CT molecular complexity index is 548. The number of ether oxygens (including phenoxy) is 3. The lowest BCUT2D eigenvalue weighted by molar-refractivity contribution is -0.307. The largest absolute Gasteiger partial charge is 0.463 e. The molecule has 6 atom stereocenters. The summed E-state index contributed by atoms with van der Waals surface area (Å²) in [6, 6.07) is 0. The Morgan fingerprint density at radius 3 is 2.12 bits per heavy atom. The molecule has 1 fully saturated rings. The quantitative estimate of drug-likeness (QED) is 0.175. The molecule has 33 heavy (non-hydrogen) atoms. The van der Waals surface area contributed by atoms with Crippen LogP contribution in [0.15, 0.2) is 0 Å². The fourth-order valence-corrected chi connectivity index (χ4v) is 4.20. The number of hydrogen-bond donors (Lipinski definition) is 4. The van der Waals surface area contributed by atoms with Crippen molar-refractivity contribution in [3.05, 3.63) is 0 Å². The Balaban J connectivity index is 2.31. The van der Waals surface area contributed by atoms with Crippen LogP contribution >= 0.6 is 11.8 Å². The van der Waals surface area contributed by atoms with Crippen LogP contribution in [0.2, 0.25) is 0 Å².